The van der Waals surface area contributed by atoms with Crippen molar-refractivity contribution in [2.24, 2.45) is 0 Å². The van der Waals surface area contributed by atoms with Gasteiger partial charge in [-0.15, -0.1) is 0 Å². The van der Waals surface area contributed by atoms with Crippen molar-refractivity contribution in [3.63, 3.8) is 0 Å². The summed E-state index contributed by atoms with van der Waals surface area (Å²) in [5, 5.41) is 22.5. The highest BCUT2D eigenvalue weighted by Crippen LogP contribution is 2.43. The number of fused-ring (bicyclic) bond motifs is 3. The average Bonchev–Trinajstić information content (AvgIpc) is 3.72. The molecule has 3 aromatic heterocycles. The molecule has 11 rings (SSSR count). The Morgan fingerprint density at radius 2 is 0.785 bits per heavy atom. The van der Waals surface area contributed by atoms with Gasteiger partial charge in [-0.25, -0.2) is 19.9 Å². The fraction of sp³-hybridized carbons (Fsp3) is 0. The van der Waals surface area contributed by atoms with E-state index in [-0.39, 0.29) is 0 Å². The third-order valence-corrected chi connectivity index (χ3v) is 11.7. The molecule has 65 heavy (non-hydrogen) atoms. The summed E-state index contributed by atoms with van der Waals surface area (Å²) in [4.78, 5) is 21.2. The van der Waals surface area contributed by atoms with Crippen LogP contribution in [0.4, 0.5) is 0 Å². The molecule has 0 fully saturated rings. The van der Waals surface area contributed by atoms with Crippen LogP contribution < -0.4 is 0 Å². The predicted molar refractivity (Wildman–Crippen MR) is 259 cm³/mol. The number of aromatic nitrogens is 5. The highest BCUT2D eigenvalue weighted by atomic mass is 15.0. The van der Waals surface area contributed by atoms with Crippen LogP contribution in [0.15, 0.2) is 212 Å². The van der Waals surface area contributed by atoms with Gasteiger partial charge in [0.25, 0.3) is 0 Å². The molecule has 302 valence electrons. The van der Waals surface area contributed by atoms with E-state index in [2.05, 4.69) is 77.4 Å². The Kier molecular flexibility index (Phi) is 9.82. The smallest absolute Gasteiger partial charge is 0.162 e. The molecule has 8 aromatic carbocycles. The number of nitriles is 2. The first-order valence-corrected chi connectivity index (χ1v) is 21.2. The van der Waals surface area contributed by atoms with Crippen molar-refractivity contribution in [2.75, 3.05) is 0 Å². The second-order valence-corrected chi connectivity index (χ2v) is 15.7. The van der Waals surface area contributed by atoms with Crippen LogP contribution in [0.25, 0.3) is 106 Å². The fourth-order valence-corrected chi connectivity index (χ4v) is 8.58. The van der Waals surface area contributed by atoms with E-state index in [4.69, 9.17) is 19.9 Å². The Balaban J connectivity index is 1.27. The second-order valence-electron chi connectivity index (χ2n) is 15.7. The van der Waals surface area contributed by atoms with Crippen molar-refractivity contribution in [1.82, 2.24) is 24.5 Å². The van der Waals surface area contributed by atoms with E-state index >= 15 is 0 Å². The van der Waals surface area contributed by atoms with Gasteiger partial charge < -0.3 is 4.57 Å². The van der Waals surface area contributed by atoms with Crippen molar-refractivity contribution < 1.29 is 0 Å². The minimum absolute atomic E-state index is 0.429. The maximum atomic E-state index is 10.9. The van der Waals surface area contributed by atoms with Gasteiger partial charge in [-0.3, -0.25) is 0 Å². The standard InChI is InChI=1S/C58H35N7/c59-36-38-25-27-40(28-26-38)45-29-30-55-47(33-45)46-23-13-14-24-54(46)65(55)56-48(53-35-52(43-19-9-3-10-20-43)61-57(64-53)44-21-11-4-12-22-44)31-39(37-60)32-49(56)58-62-50(41-15-5-1-6-16-41)34-51(63-58)42-17-7-2-8-18-42/h1-35H. The second kappa shape index (κ2) is 16.5. The zero-order valence-electron chi connectivity index (χ0n) is 34.8. The molecule has 0 atom stereocenters. The topological polar surface area (TPSA) is 104 Å². The molecule has 3 heterocycles. The van der Waals surface area contributed by atoms with E-state index in [0.717, 1.165) is 78.0 Å². The van der Waals surface area contributed by atoms with Crippen molar-refractivity contribution in [2.45, 2.75) is 0 Å². The fourth-order valence-electron chi connectivity index (χ4n) is 8.58. The lowest BCUT2D eigenvalue weighted by Crippen LogP contribution is -2.06. The number of hydrogen-bond donors (Lipinski definition) is 0. The maximum absolute atomic E-state index is 10.9. The van der Waals surface area contributed by atoms with E-state index in [0.29, 0.717) is 39.6 Å². The average molecular weight is 830 g/mol. The van der Waals surface area contributed by atoms with Gasteiger partial charge in [0.15, 0.2) is 11.6 Å². The Bertz CT molecular complexity index is 3380. The maximum Gasteiger partial charge on any atom is 0.162 e. The van der Waals surface area contributed by atoms with Gasteiger partial charge >= 0.3 is 0 Å². The van der Waals surface area contributed by atoms with Crippen molar-refractivity contribution >= 4 is 21.8 Å². The molecule has 0 aliphatic carbocycles. The first kappa shape index (κ1) is 38.6. The Hall–Kier alpha value is -9.30. The van der Waals surface area contributed by atoms with Crippen LogP contribution >= 0.6 is 0 Å². The minimum atomic E-state index is 0.429. The molecular formula is C58H35N7. The summed E-state index contributed by atoms with van der Waals surface area (Å²) in [6.07, 6.45) is 0. The number of rotatable bonds is 8. The van der Waals surface area contributed by atoms with Crippen molar-refractivity contribution in [3.05, 3.63) is 223 Å². The van der Waals surface area contributed by atoms with E-state index in [1.54, 1.807) is 0 Å². The highest BCUT2D eigenvalue weighted by molar-refractivity contribution is 6.11. The van der Waals surface area contributed by atoms with Gasteiger partial charge in [0.05, 0.1) is 62.8 Å². The molecule has 0 saturated carbocycles. The van der Waals surface area contributed by atoms with Crippen LogP contribution in [0.2, 0.25) is 0 Å². The van der Waals surface area contributed by atoms with Crippen molar-refractivity contribution in [3.8, 4) is 96.8 Å². The summed E-state index contributed by atoms with van der Waals surface area (Å²) in [6, 6.07) is 75.4. The summed E-state index contributed by atoms with van der Waals surface area (Å²) >= 11 is 0. The molecule has 0 radical (unpaired) electrons. The van der Waals surface area contributed by atoms with Gasteiger partial charge in [-0.05, 0) is 65.7 Å². The van der Waals surface area contributed by atoms with Crippen LogP contribution in [0.1, 0.15) is 11.1 Å². The monoisotopic (exact) mass is 829 g/mol. The third-order valence-electron chi connectivity index (χ3n) is 11.7. The zero-order valence-corrected chi connectivity index (χ0v) is 34.8. The summed E-state index contributed by atoms with van der Waals surface area (Å²) in [5.74, 6) is 1.01. The molecule has 0 spiro atoms. The van der Waals surface area contributed by atoms with E-state index in [9.17, 15) is 10.5 Å². The molecule has 0 amide bonds. The van der Waals surface area contributed by atoms with Gasteiger partial charge in [0.2, 0.25) is 0 Å². The summed E-state index contributed by atoms with van der Waals surface area (Å²) < 4.78 is 2.27. The van der Waals surface area contributed by atoms with Gasteiger partial charge in [0.1, 0.15) is 0 Å². The molecular weight excluding hydrogens is 795 g/mol. The van der Waals surface area contributed by atoms with E-state index < -0.39 is 0 Å². The molecule has 0 unspecified atom stereocenters. The van der Waals surface area contributed by atoms with E-state index in [1.165, 1.54) is 0 Å². The Labute approximate surface area is 375 Å². The molecule has 11 aromatic rings. The lowest BCUT2D eigenvalue weighted by Gasteiger charge is -2.20. The molecule has 0 aliphatic rings. The highest BCUT2D eigenvalue weighted by Gasteiger charge is 2.25. The first-order valence-electron chi connectivity index (χ1n) is 21.2. The number of benzene rings is 8. The molecule has 7 heteroatoms. The Morgan fingerprint density at radius 3 is 1.37 bits per heavy atom. The largest absolute Gasteiger partial charge is 0.308 e. The quantitative estimate of drug-likeness (QED) is 0.151. The van der Waals surface area contributed by atoms with Crippen LogP contribution in [-0.2, 0) is 0 Å². The van der Waals surface area contributed by atoms with Crippen LogP contribution in [0.5, 0.6) is 0 Å². The molecule has 0 aliphatic heterocycles. The lowest BCUT2D eigenvalue weighted by atomic mass is 9.97. The number of hydrogen-bond acceptors (Lipinski definition) is 6. The van der Waals surface area contributed by atoms with Crippen LogP contribution in [0.3, 0.4) is 0 Å². The first-order chi connectivity index (χ1) is 32.1. The molecule has 0 saturated heterocycles. The SMILES string of the molecule is N#Cc1ccc(-c2ccc3c(c2)c2ccccc2n3-c2c(-c3cc(-c4ccccc4)nc(-c4ccccc4)n3)cc(C#N)cc2-c2nc(-c3ccccc3)cc(-c3ccccc3)n2)cc1. The van der Waals surface area contributed by atoms with Gasteiger partial charge in [-0.1, -0.05) is 158 Å². The predicted octanol–water partition coefficient (Wildman–Crippen LogP) is 13.8. The van der Waals surface area contributed by atoms with Crippen LogP contribution in [0, 0.1) is 22.7 Å². The molecule has 0 bridgehead atoms. The van der Waals surface area contributed by atoms with E-state index in [1.807, 2.05) is 152 Å². The third kappa shape index (κ3) is 7.26. The summed E-state index contributed by atoms with van der Waals surface area (Å²) in [5.41, 5.74) is 13.7. The van der Waals surface area contributed by atoms with Gasteiger partial charge in [0, 0.05) is 44.2 Å². The number of para-hydroxylation sites is 1. The molecule has 0 N–H and O–H groups in total. The zero-order chi connectivity index (χ0) is 43.7. The van der Waals surface area contributed by atoms with Crippen molar-refractivity contribution in [1.29, 1.82) is 10.5 Å². The molecule has 7 nitrogen and oxygen atoms in total. The summed E-state index contributed by atoms with van der Waals surface area (Å²) in [7, 11) is 0. The van der Waals surface area contributed by atoms with Crippen LogP contribution in [-0.4, -0.2) is 24.5 Å². The van der Waals surface area contributed by atoms with Gasteiger partial charge in [-0.2, -0.15) is 10.5 Å². The summed E-state index contributed by atoms with van der Waals surface area (Å²) in [6.45, 7) is 0. The lowest BCUT2D eigenvalue weighted by molar-refractivity contribution is 1.13. The minimum Gasteiger partial charge on any atom is -0.308 e. The Morgan fingerprint density at radius 1 is 0.323 bits per heavy atom. The number of nitrogens with zero attached hydrogens (tertiary/aromatic N) is 7. The normalized spacial score (nSPS) is 11.0.